The zero-order chi connectivity index (χ0) is 11.1. The molecule has 1 heterocycles. The number of carbonyl (C=O) groups excluding carboxylic acids is 1. The Bertz CT molecular complexity index is 305. The van der Waals surface area contributed by atoms with Gasteiger partial charge in [-0.3, -0.25) is 9.29 Å². The molecule has 0 radical (unpaired) electrons. The Balaban J connectivity index is 2.34. The third kappa shape index (κ3) is 4.20. The van der Waals surface area contributed by atoms with Gasteiger partial charge < -0.3 is 5.32 Å². The molecule has 0 spiro atoms. The first-order valence-electron chi connectivity index (χ1n) is 4.77. The van der Waals surface area contributed by atoms with Crippen LogP contribution in [0.3, 0.4) is 0 Å². The van der Waals surface area contributed by atoms with E-state index in [0.717, 1.165) is 11.3 Å². The second-order valence-electron chi connectivity index (χ2n) is 2.97. The molecule has 0 aliphatic heterocycles. The Morgan fingerprint density at radius 1 is 1.67 bits per heavy atom. The largest absolute Gasteiger partial charge is 0.338 e. The van der Waals surface area contributed by atoms with Gasteiger partial charge in [0.15, 0.2) is 0 Å². The van der Waals surface area contributed by atoms with Crippen LogP contribution in [0.5, 0.6) is 0 Å². The Morgan fingerprint density at radius 3 is 3.07 bits per heavy atom. The summed E-state index contributed by atoms with van der Waals surface area (Å²) in [7, 11) is 1.76. The third-order valence-electron chi connectivity index (χ3n) is 1.76. The SMILES string of the molecule is CCNC(=O)N(C)SCc1cccnc1. The summed E-state index contributed by atoms with van der Waals surface area (Å²) in [4.78, 5) is 15.4. The number of carbonyl (C=O) groups is 1. The Hall–Kier alpha value is -1.23. The van der Waals surface area contributed by atoms with E-state index in [2.05, 4.69) is 10.3 Å². The Labute approximate surface area is 94.2 Å². The average Bonchev–Trinajstić information content (AvgIpc) is 2.27. The van der Waals surface area contributed by atoms with Gasteiger partial charge >= 0.3 is 6.03 Å². The first-order chi connectivity index (χ1) is 7.24. The number of nitrogens with one attached hydrogen (secondary N) is 1. The number of hydrogen-bond donors (Lipinski definition) is 1. The zero-order valence-electron chi connectivity index (χ0n) is 8.93. The van der Waals surface area contributed by atoms with Crippen LogP contribution in [-0.4, -0.2) is 28.9 Å². The van der Waals surface area contributed by atoms with Crippen LogP contribution in [-0.2, 0) is 5.75 Å². The number of amides is 2. The van der Waals surface area contributed by atoms with Crippen LogP contribution in [0.4, 0.5) is 4.79 Å². The van der Waals surface area contributed by atoms with Gasteiger partial charge in [0.2, 0.25) is 0 Å². The van der Waals surface area contributed by atoms with Crippen molar-refractivity contribution in [1.82, 2.24) is 14.6 Å². The lowest BCUT2D eigenvalue weighted by atomic mass is 10.3. The minimum Gasteiger partial charge on any atom is -0.338 e. The average molecular weight is 225 g/mol. The second kappa shape index (κ2) is 6.29. The zero-order valence-corrected chi connectivity index (χ0v) is 9.75. The number of pyridine rings is 1. The highest BCUT2D eigenvalue weighted by Crippen LogP contribution is 2.14. The monoisotopic (exact) mass is 225 g/mol. The lowest BCUT2D eigenvalue weighted by Gasteiger charge is -2.15. The molecule has 82 valence electrons. The molecule has 5 heteroatoms. The van der Waals surface area contributed by atoms with Gasteiger partial charge in [-0.2, -0.15) is 0 Å². The van der Waals surface area contributed by atoms with E-state index in [4.69, 9.17) is 0 Å². The molecule has 1 rings (SSSR count). The summed E-state index contributed by atoms with van der Waals surface area (Å²) in [6.45, 7) is 2.55. The minimum absolute atomic E-state index is 0.0635. The predicted octanol–water partition coefficient (Wildman–Crippen LogP) is 1.89. The molecule has 15 heavy (non-hydrogen) atoms. The molecule has 1 aromatic heterocycles. The molecule has 1 N–H and O–H groups in total. The van der Waals surface area contributed by atoms with E-state index in [9.17, 15) is 4.79 Å². The van der Waals surface area contributed by atoms with Gasteiger partial charge in [0.25, 0.3) is 0 Å². The summed E-state index contributed by atoms with van der Waals surface area (Å²) in [6.07, 6.45) is 3.54. The Morgan fingerprint density at radius 2 is 2.47 bits per heavy atom. The molecule has 2 amide bonds. The van der Waals surface area contributed by atoms with Crippen molar-refractivity contribution in [3.05, 3.63) is 30.1 Å². The fourth-order valence-corrected chi connectivity index (χ4v) is 1.67. The van der Waals surface area contributed by atoms with E-state index < -0.39 is 0 Å². The van der Waals surface area contributed by atoms with Crippen molar-refractivity contribution in [2.24, 2.45) is 0 Å². The van der Waals surface area contributed by atoms with Crippen LogP contribution >= 0.6 is 11.9 Å². The van der Waals surface area contributed by atoms with Crippen molar-refractivity contribution in [2.45, 2.75) is 12.7 Å². The summed E-state index contributed by atoms with van der Waals surface area (Å²) in [5.74, 6) is 0.751. The molecule has 0 aliphatic rings. The van der Waals surface area contributed by atoms with E-state index in [1.165, 1.54) is 11.9 Å². The standard InChI is InChI=1S/C10H15N3OS/c1-3-12-10(14)13(2)15-8-9-5-4-6-11-7-9/h4-7H,3,8H2,1-2H3,(H,12,14). The fraction of sp³-hybridized carbons (Fsp3) is 0.400. The lowest BCUT2D eigenvalue weighted by molar-refractivity contribution is 0.231. The first kappa shape index (κ1) is 11.8. The maximum Gasteiger partial charge on any atom is 0.327 e. The molecule has 0 saturated heterocycles. The highest BCUT2D eigenvalue weighted by Gasteiger charge is 2.07. The molecule has 0 atom stereocenters. The van der Waals surface area contributed by atoms with E-state index in [1.54, 1.807) is 23.7 Å². The first-order valence-corrected chi connectivity index (χ1v) is 5.71. The summed E-state index contributed by atoms with van der Waals surface area (Å²) in [6, 6.07) is 3.82. The maximum absolute atomic E-state index is 11.3. The van der Waals surface area contributed by atoms with Gasteiger partial charge in [-0.05, 0) is 30.5 Å². The summed E-state index contributed by atoms with van der Waals surface area (Å²) < 4.78 is 1.59. The van der Waals surface area contributed by atoms with Crippen molar-refractivity contribution in [3.63, 3.8) is 0 Å². The van der Waals surface area contributed by atoms with Crippen molar-refractivity contribution in [2.75, 3.05) is 13.6 Å². The lowest BCUT2D eigenvalue weighted by Crippen LogP contribution is -2.32. The molecule has 1 aromatic rings. The predicted molar refractivity (Wildman–Crippen MR) is 62.4 cm³/mol. The molecule has 0 unspecified atom stereocenters. The summed E-state index contributed by atoms with van der Waals surface area (Å²) >= 11 is 1.46. The minimum atomic E-state index is -0.0635. The van der Waals surface area contributed by atoms with Crippen LogP contribution in [0.1, 0.15) is 12.5 Å². The van der Waals surface area contributed by atoms with Crippen molar-refractivity contribution >= 4 is 18.0 Å². The van der Waals surface area contributed by atoms with Gasteiger partial charge in [0, 0.05) is 31.7 Å². The number of rotatable bonds is 4. The van der Waals surface area contributed by atoms with Gasteiger partial charge in [-0.15, -0.1) is 0 Å². The van der Waals surface area contributed by atoms with E-state index in [0.29, 0.717) is 6.54 Å². The van der Waals surface area contributed by atoms with Crippen LogP contribution in [0.2, 0.25) is 0 Å². The van der Waals surface area contributed by atoms with Crippen LogP contribution in [0, 0.1) is 0 Å². The van der Waals surface area contributed by atoms with Crippen LogP contribution in [0.15, 0.2) is 24.5 Å². The normalized spacial score (nSPS) is 9.73. The number of nitrogens with zero attached hydrogens (tertiary/aromatic N) is 2. The van der Waals surface area contributed by atoms with Gasteiger partial charge in [0.1, 0.15) is 0 Å². The highest BCUT2D eigenvalue weighted by atomic mass is 32.2. The van der Waals surface area contributed by atoms with Gasteiger partial charge in [-0.25, -0.2) is 4.79 Å². The number of hydrogen-bond acceptors (Lipinski definition) is 3. The number of urea groups is 1. The quantitative estimate of drug-likeness (QED) is 0.796. The molecule has 0 aromatic carbocycles. The van der Waals surface area contributed by atoms with E-state index >= 15 is 0 Å². The van der Waals surface area contributed by atoms with Crippen molar-refractivity contribution in [3.8, 4) is 0 Å². The number of aromatic nitrogens is 1. The summed E-state index contributed by atoms with van der Waals surface area (Å²) in [5, 5.41) is 2.73. The molecule has 0 fully saturated rings. The van der Waals surface area contributed by atoms with Gasteiger partial charge in [-0.1, -0.05) is 6.07 Å². The molecule has 4 nitrogen and oxygen atoms in total. The molecular weight excluding hydrogens is 210 g/mol. The Kier molecular flexibility index (Phi) is 4.97. The van der Waals surface area contributed by atoms with Gasteiger partial charge in [0.05, 0.1) is 0 Å². The molecule has 0 saturated carbocycles. The van der Waals surface area contributed by atoms with Crippen molar-refractivity contribution < 1.29 is 4.79 Å². The molecule has 0 bridgehead atoms. The van der Waals surface area contributed by atoms with Crippen LogP contribution < -0.4 is 5.32 Å². The fourth-order valence-electron chi connectivity index (χ4n) is 0.976. The molecule has 0 aliphatic carbocycles. The molecular formula is C10H15N3OS. The highest BCUT2D eigenvalue weighted by molar-refractivity contribution is 7.96. The van der Waals surface area contributed by atoms with E-state index in [-0.39, 0.29) is 6.03 Å². The van der Waals surface area contributed by atoms with E-state index in [1.807, 2.05) is 19.1 Å². The maximum atomic E-state index is 11.3. The second-order valence-corrected chi connectivity index (χ2v) is 4.06. The summed E-state index contributed by atoms with van der Waals surface area (Å²) in [5.41, 5.74) is 1.11. The van der Waals surface area contributed by atoms with Crippen molar-refractivity contribution in [1.29, 1.82) is 0 Å². The van der Waals surface area contributed by atoms with Crippen LogP contribution in [0.25, 0.3) is 0 Å². The topological polar surface area (TPSA) is 45.2 Å². The smallest absolute Gasteiger partial charge is 0.327 e. The third-order valence-corrected chi connectivity index (χ3v) is 2.78.